The van der Waals surface area contributed by atoms with Crippen molar-refractivity contribution in [1.29, 1.82) is 0 Å². The number of hydrogen-bond acceptors (Lipinski definition) is 4. The quantitative estimate of drug-likeness (QED) is 0.778. The third kappa shape index (κ3) is 2.00. The average Bonchev–Trinajstić information content (AvgIpc) is 2.26. The van der Waals surface area contributed by atoms with E-state index in [1.165, 1.54) is 0 Å². The average molecular weight is 241 g/mol. The minimum Gasteiger partial charge on any atom is -0.394 e. The topological polar surface area (TPSA) is 64.7 Å². The zero-order chi connectivity index (χ0) is 10.8. The number of anilines is 1. The van der Waals surface area contributed by atoms with Crippen molar-refractivity contribution in [2.24, 2.45) is 0 Å². The van der Waals surface area contributed by atoms with Gasteiger partial charge in [0.2, 0.25) is 0 Å². The summed E-state index contributed by atoms with van der Waals surface area (Å²) in [6.45, 7) is 0. The highest BCUT2D eigenvalue weighted by Gasteiger charge is 2.10. The Bertz CT molecular complexity index is 464. The lowest BCUT2D eigenvalue weighted by molar-refractivity contribution is 1.14. The van der Waals surface area contributed by atoms with E-state index in [-0.39, 0.29) is 16.0 Å². The fourth-order valence-corrected chi connectivity index (χ4v) is 1.41. The van der Waals surface area contributed by atoms with Gasteiger partial charge in [0.1, 0.15) is 11.4 Å². The van der Waals surface area contributed by atoms with E-state index in [4.69, 9.17) is 28.9 Å². The van der Waals surface area contributed by atoms with E-state index in [2.05, 4.69) is 15.0 Å². The highest BCUT2D eigenvalue weighted by atomic mass is 35.5. The standard InChI is InChI=1S/C9H6Cl2N4/c10-7-6(12)8(11)15-9(14-7)5-3-1-2-4-13-5/h1-4H,12H2. The van der Waals surface area contributed by atoms with Gasteiger partial charge in [-0.05, 0) is 12.1 Å². The van der Waals surface area contributed by atoms with Crippen LogP contribution in [0.1, 0.15) is 0 Å². The summed E-state index contributed by atoms with van der Waals surface area (Å²) in [5.74, 6) is 0.361. The van der Waals surface area contributed by atoms with Crippen LogP contribution in [0.4, 0.5) is 5.69 Å². The van der Waals surface area contributed by atoms with Crippen LogP contribution < -0.4 is 5.73 Å². The zero-order valence-electron chi connectivity index (χ0n) is 7.48. The summed E-state index contributed by atoms with van der Waals surface area (Å²) < 4.78 is 0. The van der Waals surface area contributed by atoms with E-state index in [0.29, 0.717) is 11.5 Å². The van der Waals surface area contributed by atoms with Gasteiger partial charge in [-0.3, -0.25) is 4.98 Å². The van der Waals surface area contributed by atoms with Gasteiger partial charge in [-0.25, -0.2) is 9.97 Å². The second-order valence-electron chi connectivity index (χ2n) is 2.76. The first kappa shape index (κ1) is 10.1. The van der Waals surface area contributed by atoms with Crippen molar-refractivity contribution in [3.63, 3.8) is 0 Å². The highest BCUT2D eigenvalue weighted by molar-refractivity contribution is 6.37. The van der Waals surface area contributed by atoms with Crippen molar-refractivity contribution in [2.75, 3.05) is 5.73 Å². The minimum absolute atomic E-state index is 0.135. The normalized spacial score (nSPS) is 10.3. The van der Waals surface area contributed by atoms with Crippen LogP contribution in [0, 0.1) is 0 Å². The molecule has 2 aromatic heterocycles. The van der Waals surface area contributed by atoms with E-state index in [1.807, 2.05) is 6.07 Å². The Labute approximate surface area is 96.1 Å². The fraction of sp³-hybridized carbons (Fsp3) is 0. The maximum absolute atomic E-state index is 5.78. The molecule has 15 heavy (non-hydrogen) atoms. The summed E-state index contributed by atoms with van der Waals surface area (Å²) in [6, 6.07) is 5.38. The van der Waals surface area contributed by atoms with Crippen molar-refractivity contribution in [3.8, 4) is 11.5 Å². The molecule has 0 aliphatic heterocycles. The van der Waals surface area contributed by atoms with Crippen LogP contribution in [0.15, 0.2) is 24.4 Å². The Balaban J connectivity index is 2.56. The molecule has 0 atom stereocenters. The van der Waals surface area contributed by atoms with E-state index in [0.717, 1.165) is 0 Å². The molecule has 4 nitrogen and oxygen atoms in total. The number of halogens is 2. The van der Waals surface area contributed by atoms with Crippen molar-refractivity contribution in [3.05, 3.63) is 34.7 Å². The van der Waals surface area contributed by atoms with Crippen LogP contribution in [-0.4, -0.2) is 15.0 Å². The number of hydrogen-bond donors (Lipinski definition) is 1. The molecule has 0 saturated carbocycles. The van der Waals surface area contributed by atoms with Crippen molar-refractivity contribution in [2.45, 2.75) is 0 Å². The Morgan fingerprint density at radius 1 is 1.07 bits per heavy atom. The number of rotatable bonds is 1. The molecule has 2 heterocycles. The van der Waals surface area contributed by atoms with Crippen molar-refractivity contribution >= 4 is 28.9 Å². The molecule has 0 radical (unpaired) electrons. The van der Waals surface area contributed by atoms with Gasteiger partial charge < -0.3 is 5.73 Å². The van der Waals surface area contributed by atoms with Gasteiger partial charge in [0.25, 0.3) is 0 Å². The first-order chi connectivity index (χ1) is 7.18. The van der Waals surface area contributed by atoms with Crippen LogP contribution in [0.3, 0.4) is 0 Å². The molecule has 0 amide bonds. The molecule has 0 fully saturated rings. The molecule has 2 rings (SSSR count). The Kier molecular flexibility index (Phi) is 2.70. The van der Waals surface area contributed by atoms with Gasteiger partial charge in [0, 0.05) is 6.20 Å². The van der Waals surface area contributed by atoms with E-state index in [1.54, 1.807) is 18.3 Å². The number of aromatic nitrogens is 3. The zero-order valence-corrected chi connectivity index (χ0v) is 9.00. The Hall–Kier alpha value is -1.39. The molecule has 0 aliphatic carbocycles. The third-order valence-electron chi connectivity index (χ3n) is 1.75. The monoisotopic (exact) mass is 240 g/mol. The smallest absolute Gasteiger partial charge is 0.181 e. The molecule has 0 unspecified atom stereocenters. The second kappa shape index (κ2) is 4.00. The van der Waals surface area contributed by atoms with Gasteiger partial charge >= 0.3 is 0 Å². The molecule has 0 saturated heterocycles. The maximum atomic E-state index is 5.78. The third-order valence-corrected chi connectivity index (χ3v) is 2.32. The summed E-state index contributed by atoms with van der Waals surface area (Å²) in [5.41, 5.74) is 6.30. The van der Waals surface area contributed by atoms with Crippen LogP contribution in [0.5, 0.6) is 0 Å². The lowest BCUT2D eigenvalue weighted by Crippen LogP contribution is -1.98. The van der Waals surface area contributed by atoms with E-state index >= 15 is 0 Å². The molecule has 6 heteroatoms. The lowest BCUT2D eigenvalue weighted by atomic mass is 10.3. The maximum Gasteiger partial charge on any atom is 0.181 e. The second-order valence-corrected chi connectivity index (χ2v) is 3.47. The fourth-order valence-electron chi connectivity index (χ4n) is 1.03. The molecular weight excluding hydrogens is 235 g/mol. The largest absolute Gasteiger partial charge is 0.394 e. The number of pyridine rings is 1. The summed E-state index contributed by atoms with van der Waals surface area (Å²) in [6.07, 6.45) is 1.64. The SMILES string of the molecule is Nc1c(Cl)nc(-c2ccccn2)nc1Cl. The lowest BCUT2D eigenvalue weighted by Gasteiger charge is -2.03. The molecule has 76 valence electrons. The van der Waals surface area contributed by atoms with Crippen LogP contribution in [0.25, 0.3) is 11.5 Å². The highest BCUT2D eigenvalue weighted by Crippen LogP contribution is 2.26. The van der Waals surface area contributed by atoms with Crippen LogP contribution >= 0.6 is 23.2 Å². The summed E-state index contributed by atoms with van der Waals surface area (Å²) in [5, 5.41) is 0.270. The molecular formula is C9H6Cl2N4. The predicted octanol–water partition coefficient (Wildman–Crippen LogP) is 2.43. The number of nitrogens with zero attached hydrogens (tertiary/aromatic N) is 3. The molecule has 0 spiro atoms. The first-order valence-corrected chi connectivity index (χ1v) is 4.84. The Morgan fingerprint density at radius 2 is 1.73 bits per heavy atom. The van der Waals surface area contributed by atoms with E-state index < -0.39 is 0 Å². The predicted molar refractivity (Wildman–Crippen MR) is 59.7 cm³/mol. The molecule has 2 N–H and O–H groups in total. The molecule has 0 aromatic carbocycles. The van der Waals surface area contributed by atoms with Gasteiger partial charge in [-0.1, -0.05) is 29.3 Å². The molecule has 2 aromatic rings. The summed E-state index contributed by atoms with van der Waals surface area (Å²) in [4.78, 5) is 12.1. The van der Waals surface area contributed by atoms with Gasteiger partial charge in [0.05, 0.1) is 0 Å². The van der Waals surface area contributed by atoms with Crippen LogP contribution in [-0.2, 0) is 0 Å². The van der Waals surface area contributed by atoms with Crippen LogP contribution in [0.2, 0.25) is 10.3 Å². The van der Waals surface area contributed by atoms with Crippen molar-refractivity contribution in [1.82, 2.24) is 15.0 Å². The number of nitrogen functional groups attached to an aromatic ring is 1. The van der Waals surface area contributed by atoms with Gasteiger partial charge in [0.15, 0.2) is 16.1 Å². The number of nitrogens with two attached hydrogens (primary N) is 1. The Morgan fingerprint density at radius 3 is 2.27 bits per heavy atom. The summed E-state index contributed by atoms with van der Waals surface area (Å²) in [7, 11) is 0. The molecule has 0 bridgehead atoms. The molecule has 0 aliphatic rings. The minimum atomic E-state index is 0.135. The van der Waals surface area contributed by atoms with E-state index in [9.17, 15) is 0 Å². The van der Waals surface area contributed by atoms with Gasteiger partial charge in [-0.2, -0.15) is 0 Å². The summed E-state index contributed by atoms with van der Waals surface area (Å²) >= 11 is 11.6. The first-order valence-electron chi connectivity index (χ1n) is 4.08. The van der Waals surface area contributed by atoms with Gasteiger partial charge in [-0.15, -0.1) is 0 Å². The van der Waals surface area contributed by atoms with Crippen molar-refractivity contribution < 1.29 is 0 Å².